The molecule has 2 aliphatic heterocycles. The number of nitrogens with zero attached hydrogens (tertiary/aromatic N) is 6. The van der Waals surface area contributed by atoms with Gasteiger partial charge in [0.25, 0.3) is 11.8 Å². The second-order valence-corrected chi connectivity index (χ2v) is 17.3. The Morgan fingerprint density at radius 3 is 2.62 bits per heavy atom. The van der Waals surface area contributed by atoms with E-state index in [0.717, 1.165) is 22.8 Å². The van der Waals surface area contributed by atoms with Gasteiger partial charge >= 0.3 is 0 Å². The number of carbonyl (C=O) groups is 2. The van der Waals surface area contributed by atoms with Gasteiger partial charge in [-0.2, -0.15) is 0 Å². The first-order chi connectivity index (χ1) is 19.1. The molecule has 1 atom stereocenters. The quantitative estimate of drug-likeness (QED) is 0.237. The number of amides is 2. The second kappa shape index (κ2) is 9.63. The first-order valence-corrected chi connectivity index (χ1v) is 17.2. The van der Waals surface area contributed by atoms with E-state index in [1.807, 2.05) is 39.5 Å². The van der Waals surface area contributed by atoms with Crippen molar-refractivity contribution in [2.24, 2.45) is 0 Å². The maximum atomic E-state index is 14.1. The fraction of sp³-hybridized carbons (Fsp3) is 0.429. The Labute approximate surface area is 233 Å². The zero-order valence-corrected chi connectivity index (χ0v) is 24.5. The number of ether oxygens (including phenoxy) is 2. The van der Waals surface area contributed by atoms with Crippen LogP contribution in [0.3, 0.4) is 0 Å². The van der Waals surface area contributed by atoms with Crippen LogP contribution >= 0.6 is 0 Å². The highest BCUT2D eigenvalue weighted by molar-refractivity contribution is 6.76. The van der Waals surface area contributed by atoms with Crippen LogP contribution < -0.4 is 4.74 Å². The largest absolute Gasteiger partial charge is 0.497 e. The van der Waals surface area contributed by atoms with E-state index in [0.29, 0.717) is 55.7 Å². The molecule has 2 amide bonds. The molecular formula is C28H34N6O5Si. The van der Waals surface area contributed by atoms with Gasteiger partial charge in [0.05, 0.1) is 25.7 Å². The molecule has 210 valence electrons. The van der Waals surface area contributed by atoms with Crippen LogP contribution in [0.2, 0.25) is 25.7 Å². The Kier molecular flexibility index (Phi) is 6.34. The summed E-state index contributed by atoms with van der Waals surface area (Å²) in [6, 6.07) is 10.5. The molecule has 1 aromatic carbocycles. The molecule has 5 heterocycles. The minimum Gasteiger partial charge on any atom is -0.497 e. The summed E-state index contributed by atoms with van der Waals surface area (Å²) in [5.74, 6) is 0.306. The van der Waals surface area contributed by atoms with Crippen LogP contribution in [0.1, 0.15) is 32.1 Å². The average Bonchev–Trinajstić information content (AvgIpc) is 3.70. The molecule has 0 bridgehead atoms. The number of aromatic nitrogens is 4. The molecule has 3 aromatic heterocycles. The summed E-state index contributed by atoms with van der Waals surface area (Å²) in [4.78, 5) is 36.3. The molecule has 6 rings (SSSR count). The minimum absolute atomic E-state index is 0.149. The molecule has 0 radical (unpaired) electrons. The van der Waals surface area contributed by atoms with Crippen molar-refractivity contribution in [2.75, 3.05) is 26.8 Å². The molecule has 1 saturated heterocycles. The number of imidazole rings is 1. The van der Waals surface area contributed by atoms with Crippen molar-refractivity contribution in [3.63, 3.8) is 0 Å². The number of aryl methyl sites for hydroxylation is 1. The van der Waals surface area contributed by atoms with E-state index >= 15 is 0 Å². The number of hydrogen-bond donors (Lipinski definition) is 0. The van der Waals surface area contributed by atoms with Gasteiger partial charge in [-0.15, -0.1) is 0 Å². The van der Waals surface area contributed by atoms with Crippen molar-refractivity contribution in [3.05, 3.63) is 65.4 Å². The van der Waals surface area contributed by atoms with Gasteiger partial charge in [0.15, 0.2) is 5.66 Å². The van der Waals surface area contributed by atoms with Crippen LogP contribution in [-0.4, -0.2) is 75.8 Å². The van der Waals surface area contributed by atoms with Gasteiger partial charge < -0.3 is 28.4 Å². The third-order valence-electron chi connectivity index (χ3n) is 7.95. The Balaban J connectivity index is 1.45. The van der Waals surface area contributed by atoms with E-state index in [1.165, 1.54) is 6.26 Å². The van der Waals surface area contributed by atoms with Crippen LogP contribution in [0, 0.1) is 6.92 Å². The molecule has 2 aliphatic rings. The zero-order chi connectivity index (χ0) is 28.2. The van der Waals surface area contributed by atoms with Crippen LogP contribution in [-0.2, 0) is 23.7 Å². The molecule has 4 aromatic rings. The van der Waals surface area contributed by atoms with E-state index in [4.69, 9.17) is 14.0 Å². The van der Waals surface area contributed by atoms with E-state index in [2.05, 4.69) is 29.8 Å². The van der Waals surface area contributed by atoms with Crippen molar-refractivity contribution >= 4 is 31.1 Å². The molecule has 1 fully saturated rings. The summed E-state index contributed by atoms with van der Waals surface area (Å²) in [7, 11) is 0.381. The van der Waals surface area contributed by atoms with Crippen molar-refractivity contribution < 1.29 is 23.6 Å². The van der Waals surface area contributed by atoms with Gasteiger partial charge in [0.2, 0.25) is 0 Å². The van der Waals surface area contributed by atoms with Gasteiger partial charge in [-0.25, -0.2) is 4.98 Å². The van der Waals surface area contributed by atoms with E-state index in [9.17, 15) is 9.59 Å². The van der Waals surface area contributed by atoms with Gasteiger partial charge in [0, 0.05) is 33.3 Å². The zero-order valence-electron chi connectivity index (χ0n) is 23.5. The lowest BCUT2D eigenvalue weighted by atomic mass is 9.93. The molecule has 0 saturated carbocycles. The predicted molar refractivity (Wildman–Crippen MR) is 150 cm³/mol. The van der Waals surface area contributed by atoms with Crippen LogP contribution in [0.4, 0.5) is 0 Å². The topological polar surface area (TPSA) is 108 Å². The summed E-state index contributed by atoms with van der Waals surface area (Å²) < 4.78 is 20.5. The van der Waals surface area contributed by atoms with Crippen molar-refractivity contribution in [3.8, 4) is 5.75 Å². The Morgan fingerprint density at radius 1 is 1.18 bits per heavy atom. The van der Waals surface area contributed by atoms with Gasteiger partial charge in [-0.1, -0.05) is 36.9 Å². The number of rotatable bonds is 8. The number of carbonyl (C=O) groups excluding carboxylic acids is 2. The minimum atomic E-state index is -1.23. The average molecular weight is 563 g/mol. The summed E-state index contributed by atoms with van der Waals surface area (Å²) in [5, 5.41) is 3.92. The van der Waals surface area contributed by atoms with Crippen LogP contribution in [0.5, 0.6) is 5.75 Å². The summed E-state index contributed by atoms with van der Waals surface area (Å²) in [5.41, 5.74) is 2.69. The third kappa shape index (κ3) is 4.13. The van der Waals surface area contributed by atoms with Crippen molar-refractivity contribution in [1.29, 1.82) is 0 Å². The lowest BCUT2D eigenvalue weighted by Crippen LogP contribution is -2.60. The number of hydrogen-bond acceptors (Lipinski definition) is 7. The standard InChI is InChI=1S/C28H34N6O5Si/c1-19-22(15-39-30-19)26(35)33-10-11-34-27(36)24-14-23-25(31(17-29-23)18-38-12-13-40(3,4)5)32(24)16-28(33,34)20-6-8-21(37-2)9-7-20/h6-9,14-15,17H,10-13,16,18H2,1-5H3/t28-/m1/s1. The van der Waals surface area contributed by atoms with Crippen LogP contribution in [0.25, 0.3) is 11.2 Å². The van der Waals surface area contributed by atoms with E-state index < -0.39 is 13.7 Å². The maximum absolute atomic E-state index is 14.1. The molecule has 0 spiro atoms. The first-order valence-electron chi connectivity index (χ1n) is 13.5. The molecule has 12 heteroatoms. The first kappa shape index (κ1) is 26.3. The monoisotopic (exact) mass is 562 g/mol. The second-order valence-electron chi connectivity index (χ2n) is 11.7. The van der Waals surface area contributed by atoms with Gasteiger partial charge in [-0.3, -0.25) is 14.2 Å². The van der Waals surface area contributed by atoms with Crippen molar-refractivity contribution in [2.45, 2.75) is 51.5 Å². The Morgan fingerprint density at radius 2 is 1.95 bits per heavy atom. The predicted octanol–water partition coefficient (Wildman–Crippen LogP) is 3.92. The van der Waals surface area contributed by atoms with E-state index in [1.54, 1.807) is 30.2 Å². The smallest absolute Gasteiger partial charge is 0.272 e. The SMILES string of the molecule is COc1ccc([C@@]23Cn4c(cc5ncn(COCC[Si](C)(C)C)c54)C(=O)N2CCN3C(=O)c2conc2C)cc1. The lowest BCUT2D eigenvalue weighted by molar-refractivity contribution is -0.00564. The molecule has 40 heavy (non-hydrogen) atoms. The highest BCUT2D eigenvalue weighted by Crippen LogP contribution is 2.45. The molecule has 0 N–H and O–H groups in total. The maximum Gasteiger partial charge on any atom is 0.272 e. The Hall–Kier alpha value is -3.90. The van der Waals surface area contributed by atoms with Gasteiger partial charge in [-0.05, 0) is 31.2 Å². The number of benzene rings is 1. The number of methoxy groups -OCH3 is 1. The highest BCUT2D eigenvalue weighted by atomic mass is 28.3. The lowest BCUT2D eigenvalue weighted by Gasteiger charge is -2.47. The fourth-order valence-electron chi connectivity index (χ4n) is 5.77. The summed E-state index contributed by atoms with van der Waals surface area (Å²) >= 11 is 0. The molecule has 0 unspecified atom stereocenters. The summed E-state index contributed by atoms with van der Waals surface area (Å²) in [6.07, 6.45) is 3.13. The number of fused-ring (bicyclic) bond motifs is 4. The van der Waals surface area contributed by atoms with Crippen molar-refractivity contribution in [1.82, 2.24) is 29.1 Å². The van der Waals surface area contributed by atoms with Gasteiger partial charge in [0.1, 0.15) is 41.2 Å². The van der Waals surface area contributed by atoms with Crippen LogP contribution in [0.15, 0.2) is 47.4 Å². The molecular weight excluding hydrogens is 528 g/mol. The molecule has 11 nitrogen and oxygen atoms in total. The summed E-state index contributed by atoms with van der Waals surface area (Å²) in [6.45, 7) is 10.8. The molecule has 0 aliphatic carbocycles. The fourth-order valence-corrected chi connectivity index (χ4v) is 6.53. The Bertz CT molecular complexity index is 1580. The van der Waals surface area contributed by atoms with E-state index in [-0.39, 0.29) is 11.8 Å². The third-order valence-corrected chi connectivity index (χ3v) is 9.65. The highest BCUT2D eigenvalue weighted by Gasteiger charge is 2.57. The normalized spacial score (nSPS) is 18.9.